The number of amides is 1. The molecule has 0 aliphatic rings. The SMILES string of the molecule is COCC(C)(CC(=O)O)NC(=O)c1csc(C)c1C. The van der Waals surface area contributed by atoms with Gasteiger partial charge in [-0.3, -0.25) is 9.59 Å². The molecule has 2 N–H and O–H groups in total. The number of aliphatic carboxylic acids is 1. The van der Waals surface area contributed by atoms with Crippen molar-refractivity contribution in [2.75, 3.05) is 13.7 Å². The van der Waals surface area contributed by atoms with Gasteiger partial charge in [0.1, 0.15) is 0 Å². The number of thiophene rings is 1. The van der Waals surface area contributed by atoms with Crippen molar-refractivity contribution in [2.24, 2.45) is 0 Å². The second-order valence-electron chi connectivity index (χ2n) is 4.85. The predicted molar refractivity (Wildman–Crippen MR) is 73.8 cm³/mol. The number of carboxylic acids is 1. The Balaban J connectivity index is 2.87. The zero-order chi connectivity index (χ0) is 14.6. The van der Waals surface area contributed by atoms with Crippen molar-refractivity contribution in [1.29, 1.82) is 0 Å². The molecule has 0 saturated carbocycles. The fourth-order valence-corrected chi connectivity index (χ4v) is 2.73. The molecule has 0 radical (unpaired) electrons. The van der Waals surface area contributed by atoms with Crippen LogP contribution in [0.5, 0.6) is 0 Å². The lowest BCUT2D eigenvalue weighted by Gasteiger charge is -2.28. The Hall–Kier alpha value is -1.40. The molecular formula is C13H19NO4S. The van der Waals surface area contributed by atoms with E-state index in [2.05, 4.69) is 5.32 Å². The van der Waals surface area contributed by atoms with Gasteiger partial charge in [0, 0.05) is 17.4 Å². The molecule has 106 valence electrons. The topological polar surface area (TPSA) is 75.6 Å². The van der Waals surface area contributed by atoms with E-state index in [-0.39, 0.29) is 18.9 Å². The van der Waals surface area contributed by atoms with Crippen molar-refractivity contribution < 1.29 is 19.4 Å². The summed E-state index contributed by atoms with van der Waals surface area (Å²) >= 11 is 1.50. The number of carboxylic acid groups (broad SMARTS) is 1. The van der Waals surface area contributed by atoms with Crippen LogP contribution in [0, 0.1) is 13.8 Å². The van der Waals surface area contributed by atoms with Crippen molar-refractivity contribution in [3.8, 4) is 0 Å². The molecule has 6 heteroatoms. The Labute approximate surface area is 116 Å². The average molecular weight is 285 g/mol. The van der Waals surface area contributed by atoms with E-state index in [1.165, 1.54) is 18.4 Å². The van der Waals surface area contributed by atoms with E-state index in [4.69, 9.17) is 9.84 Å². The zero-order valence-corrected chi connectivity index (χ0v) is 12.4. The number of rotatable bonds is 6. The summed E-state index contributed by atoms with van der Waals surface area (Å²) in [5, 5.41) is 13.5. The van der Waals surface area contributed by atoms with E-state index in [1.807, 2.05) is 13.8 Å². The van der Waals surface area contributed by atoms with Crippen LogP contribution < -0.4 is 5.32 Å². The van der Waals surface area contributed by atoms with E-state index in [0.29, 0.717) is 5.56 Å². The molecule has 0 saturated heterocycles. The van der Waals surface area contributed by atoms with Crippen molar-refractivity contribution in [3.05, 3.63) is 21.4 Å². The first-order valence-corrected chi connectivity index (χ1v) is 6.75. The first-order valence-electron chi connectivity index (χ1n) is 5.87. The fraction of sp³-hybridized carbons (Fsp3) is 0.538. The number of nitrogens with one attached hydrogen (secondary N) is 1. The first-order chi connectivity index (χ1) is 8.79. The maximum atomic E-state index is 12.2. The third-order valence-corrected chi connectivity index (χ3v) is 3.96. The van der Waals surface area contributed by atoms with Gasteiger partial charge in [-0.15, -0.1) is 11.3 Å². The largest absolute Gasteiger partial charge is 0.481 e. The standard InChI is InChI=1S/C13H19NO4S/c1-8-9(2)19-6-10(8)12(17)14-13(3,7-18-4)5-11(15)16/h6H,5,7H2,1-4H3,(H,14,17)(H,15,16). The Morgan fingerprint density at radius 3 is 2.53 bits per heavy atom. The Morgan fingerprint density at radius 2 is 2.11 bits per heavy atom. The summed E-state index contributed by atoms with van der Waals surface area (Å²) in [6.07, 6.45) is -0.186. The summed E-state index contributed by atoms with van der Waals surface area (Å²) in [7, 11) is 1.48. The predicted octanol–water partition coefficient (Wildman–Crippen LogP) is 1.97. The van der Waals surface area contributed by atoms with Crippen LogP contribution >= 0.6 is 11.3 Å². The number of aryl methyl sites for hydroxylation is 1. The third-order valence-electron chi connectivity index (χ3n) is 2.95. The van der Waals surface area contributed by atoms with Crippen molar-refractivity contribution in [1.82, 2.24) is 5.32 Å². The lowest BCUT2D eigenvalue weighted by Crippen LogP contribution is -2.50. The minimum absolute atomic E-state index is 0.146. The molecule has 5 nitrogen and oxygen atoms in total. The van der Waals surface area contributed by atoms with Gasteiger partial charge in [0.25, 0.3) is 5.91 Å². The molecule has 0 aromatic carbocycles. The molecule has 1 aromatic rings. The van der Waals surface area contributed by atoms with Crippen molar-refractivity contribution in [2.45, 2.75) is 32.7 Å². The van der Waals surface area contributed by atoms with Gasteiger partial charge in [-0.1, -0.05) is 0 Å². The Morgan fingerprint density at radius 1 is 1.47 bits per heavy atom. The van der Waals surface area contributed by atoms with Crippen LogP contribution in [0.2, 0.25) is 0 Å². The van der Waals surface area contributed by atoms with Crippen LogP contribution in [0.4, 0.5) is 0 Å². The van der Waals surface area contributed by atoms with Gasteiger partial charge < -0.3 is 15.2 Å². The van der Waals surface area contributed by atoms with Crippen LogP contribution in [0.15, 0.2) is 5.38 Å². The molecule has 0 bridgehead atoms. The molecule has 1 amide bonds. The Bertz CT molecular complexity index is 483. The molecule has 1 aromatic heterocycles. The molecule has 1 rings (SSSR count). The summed E-state index contributed by atoms with van der Waals surface area (Å²) in [5.74, 6) is -1.24. The number of hydrogen-bond donors (Lipinski definition) is 2. The highest BCUT2D eigenvalue weighted by Crippen LogP contribution is 2.21. The number of carbonyl (C=O) groups excluding carboxylic acids is 1. The molecule has 0 aliphatic carbocycles. The highest BCUT2D eigenvalue weighted by molar-refractivity contribution is 7.10. The molecule has 1 atom stereocenters. The van der Waals surface area contributed by atoms with Crippen molar-refractivity contribution >= 4 is 23.2 Å². The maximum Gasteiger partial charge on any atom is 0.305 e. The third kappa shape index (κ3) is 4.04. The number of carbonyl (C=O) groups is 2. The van der Waals surface area contributed by atoms with Gasteiger partial charge in [0.05, 0.1) is 24.1 Å². The van der Waals surface area contributed by atoms with Crippen LogP contribution in [0.3, 0.4) is 0 Å². The molecular weight excluding hydrogens is 266 g/mol. The summed E-state index contributed by atoms with van der Waals surface area (Å²) in [5.41, 5.74) is 0.604. The van der Waals surface area contributed by atoms with E-state index in [9.17, 15) is 9.59 Å². The van der Waals surface area contributed by atoms with Crippen LogP contribution in [0.1, 0.15) is 34.1 Å². The molecule has 1 heterocycles. The van der Waals surface area contributed by atoms with Gasteiger partial charge in [-0.05, 0) is 26.3 Å². The lowest BCUT2D eigenvalue weighted by molar-refractivity contribution is -0.139. The second kappa shape index (κ2) is 6.16. The molecule has 0 spiro atoms. The van der Waals surface area contributed by atoms with Crippen LogP contribution in [-0.2, 0) is 9.53 Å². The average Bonchev–Trinajstić information content (AvgIpc) is 2.58. The van der Waals surface area contributed by atoms with Crippen LogP contribution in [-0.4, -0.2) is 36.2 Å². The first kappa shape index (κ1) is 15.7. The van der Waals surface area contributed by atoms with Gasteiger partial charge in [-0.25, -0.2) is 0 Å². The van der Waals surface area contributed by atoms with Gasteiger partial charge in [0.15, 0.2) is 0 Å². The number of methoxy groups -OCH3 is 1. The highest BCUT2D eigenvalue weighted by Gasteiger charge is 2.30. The second-order valence-corrected chi connectivity index (χ2v) is 5.93. The summed E-state index contributed by atoms with van der Waals surface area (Å²) < 4.78 is 5.00. The minimum atomic E-state index is -0.974. The van der Waals surface area contributed by atoms with Gasteiger partial charge in [0.2, 0.25) is 0 Å². The van der Waals surface area contributed by atoms with E-state index in [0.717, 1.165) is 10.4 Å². The summed E-state index contributed by atoms with van der Waals surface area (Å²) in [4.78, 5) is 24.2. The molecule has 0 aliphatic heterocycles. The van der Waals surface area contributed by atoms with E-state index in [1.54, 1.807) is 12.3 Å². The molecule has 19 heavy (non-hydrogen) atoms. The maximum absolute atomic E-state index is 12.2. The Kier molecular flexibility index (Phi) is 5.08. The zero-order valence-electron chi connectivity index (χ0n) is 11.6. The van der Waals surface area contributed by atoms with E-state index < -0.39 is 11.5 Å². The number of ether oxygens (including phenoxy) is 1. The molecule has 1 unspecified atom stereocenters. The monoisotopic (exact) mass is 285 g/mol. The minimum Gasteiger partial charge on any atom is -0.481 e. The van der Waals surface area contributed by atoms with Gasteiger partial charge in [-0.2, -0.15) is 0 Å². The van der Waals surface area contributed by atoms with Gasteiger partial charge >= 0.3 is 5.97 Å². The molecule has 0 fully saturated rings. The quantitative estimate of drug-likeness (QED) is 0.838. The number of hydrogen-bond acceptors (Lipinski definition) is 4. The fourth-order valence-electron chi connectivity index (χ4n) is 1.86. The highest BCUT2D eigenvalue weighted by atomic mass is 32.1. The normalized spacial score (nSPS) is 13.9. The summed E-state index contributed by atoms with van der Waals surface area (Å²) in [6, 6.07) is 0. The summed E-state index contributed by atoms with van der Waals surface area (Å²) in [6.45, 7) is 5.64. The lowest BCUT2D eigenvalue weighted by atomic mass is 9.98. The van der Waals surface area contributed by atoms with Crippen molar-refractivity contribution in [3.63, 3.8) is 0 Å². The smallest absolute Gasteiger partial charge is 0.305 e. The van der Waals surface area contributed by atoms with E-state index >= 15 is 0 Å². The van der Waals surface area contributed by atoms with Crippen LogP contribution in [0.25, 0.3) is 0 Å².